The summed E-state index contributed by atoms with van der Waals surface area (Å²) in [6.07, 6.45) is 1.39. The molecule has 2 N–H and O–H groups in total. The Balaban J connectivity index is 1.86. The quantitative estimate of drug-likeness (QED) is 0.856. The maximum atomic E-state index is 14.4. The van der Waals surface area contributed by atoms with Crippen molar-refractivity contribution in [2.24, 2.45) is 0 Å². The van der Waals surface area contributed by atoms with Gasteiger partial charge in [0.1, 0.15) is 5.82 Å². The molecule has 26 heavy (non-hydrogen) atoms. The number of halogens is 1. The van der Waals surface area contributed by atoms with E-state index in [1.807, 2.05) is 25.1 Å². The molecule has 0 aliphatic carbocycles. The molecule has 2 unspecified atom stereocenters. The molecule has 0 amide bonds. The van der Waals surface area contributed by atoms with Crippen LogP contribution >= 0.6 is 0 Å². The van der Waals surface area contributed by atoms with Crippen LogP contribution < -0.4 is 0 Å². The molecule has 140 valence electrons. The molecule has 0 aromatic heterocycles. The molecular weight excluding hydrogens is 331 g/mol. The van der Waals surface area contributed by atoms with E-state index in [1.54, 1.807) is 6.07 Å². The minimum atomic E-state index is -0.737. The van der Waals surface area contributed by atoms with E-state index in [4.69, 9.17) is 4.74 Å². The van der Waals surface area contributed by atoms with E-state index in [0.29, 0.717) is 24.8 Å². The molecule has 1 aliphatic heterocycles. The second kappa shape index (κ2) is 7.87. The molecule has 1 saturated heterocycles. The van der Waals surface area contributed by atoms with Crippen LogP contribution in [0.25, 0.3) is 0 Å². The number of rotatable bonds is 5. The molecule has 3 atom stereocenters. The van der Waals surface area contributed by atoms with Crippen molar-refractivity contribution < 1.29 is 19.3 Å². The fourth-order valence-electron chi connectivity index (χ4n) is 3.75. The molecule has 2 aromatic carbocycles. The minimum absolute atomic E-state index is 0.134. The highest BCUT2D eigenvalue weighted by Crippen LogP contribution is 2.38. The lowest BCUT2D eigenvalue weighted by atomic mass is 9.84. The summed E-state index contributed by atoms with van der Waals surface area (Å²) in [5.74, 6) is -0.244. The van der Waals surface area contributed by atoms with Crippen LogP contribution in [0.4, 0.5) is 4.39 Å². The van der Waals surface area contributed by atoms with Gasteiger partial charge in [-0.15, -0.1) is 0 Å². The third-order valence-corrected chi connectivity index (χ3v) is 5.27. The van der Waals surface area contributed by atoms with Crippen molar-refractivity contribution in [3.63, 3.8) is 0 Å². The predicted octanol–water partition coefficient (Wildman–Crippen LogP) is 3.73. The van der Waals surface area contributed by atoms with Gasteiger partial charge < -0.3 is 14.9 Å². The Morgan fingerprint density at radius 3 is 2.50 bits per heavy atom. The maximum Gasteiger partial charge on any atom is 0.126 e. The monoisotopic (exact) mass is 358 g/mol. The molecule has 0 bridgehead atoms. The van der Waals surface area contributed by atoms with Crippen molar-refractivity contribution in [3.8, 4) is 0 Å². The lowest BCUT2D eigenvalue weighted by molar-refractivity contribution is -0.169. The zero-order chi connectivity index (χ0) is 18.7. The summed E-state index contributed by atoms with van der Waals surface area (Å²) in [6.45, 7) is 3.87. The molecule has 1 fully saturated rings. The van der Waals surface area contributed by atoms with Gasteiger partial charge in [-0.1, -0.05) is 37.3 Å². The van der Waals surface area contributed by atoms with Crippen LogP contribution in [0, 0.1) is 5.82 Å². The zero-order valence-electron chi connectivity index (χ0n) is 15.4. The van der Waals surface area contributed by atoms with Gasteiger partial charge in [-0.3, -0.25) is 0 Å². The zero-order valence-corrected chi connectivity index (χ0v) is 15.4. The summed E-state index contributed by atoms with van der Waals surface area (Å²) >= 11 is 0. The van der Waals surface area contributed by atoms with Crippen LogP contribution in [-0.4, -0.2) is 29.0 Å². The Morgan fingerprint density at radius 1 is 1.15 bits per heavy atom. The summed E-state index contributed by atoms with van der Waals surface area (Å²) in [5.41, 5.74) is 3.02. The minimum Gasteiger partial charge on any atom is -0.394 e. The smallest absolute Gasteiger partial charge is 0.126 e. The summed E-state index contributed by atoms with van der Waals surface area (Å²) < 4.78 is 20.4. The van der Waals surface area contributed by atoms with Gasteiger partial charge in [-0.05, 0) is 47.7 Å². The van der Waals surface area contributed by atoms with Crippen LogP contribution in [0.1, 0.15) is 48.9 Å². The Morgan fingerprint density at radius 2 is 1.85 bits per heavy atom. The van der Waals surface area contributed by atoms with Gasteiger partial charge in [-0.2, -0.15) is 0 Å². The van der Waals surface area contributed by atoms with Gasteiger partial charge in [-0.25, -0.2) is 4.39 Å². The van der Waals surface area contributed by atoms with Crippen molar-refractivity contribution in [1.82, 2.24) is 0 Å². The van der Waals surface area contributed by atoms with Crippen LogP contribution in [-0.2, 0) is 23.2 Å². The third-order valence-electron chi connectivity index (χ3n) is 5.27. The highest BCUT2D eigenvalue weighted by Gasteiger charge is 2.39. The topological polar surface area (TPSA) is 49.7 Å². The summed E-state index contributed by atoms with van der Waals surface area (Å²) in [6, 6.07) is 13.2. The molecule has 0 radical (unpaired) electrons. The molecule has 4 heteroatoms. The fraction of sp³-hybridized carbons (Fsp3) is 0.455. The molecule has 3 rings (SSSR count). The number of aliphatic hydroxyl groups excluding tert-OH is 2. The third kappa shape index (κ3) is 4.14. The molecule has 1 aliphatic rings. The van der Waals surface area contributed by atoms with Gasteiger partial charge in [0, 0.05) is 19.3 Å². The first-order valence-electron chi connectivity index (χ1n) is 9.27. The van der Waals surface area contributed by atoms with Crippen molar-refractivity contribution >= 4 is 0 Å². The van der Waals surface area contributed by atoms with E-state index in [9.17, 15) is 14.6 Å². The van der Waals surface area contributed by atoms with Gasteiger partial charge in [0.15, 0.2) is 0 Å². The second-order valence-electron chi connectivity index (χ2n) is 7.40. The Labute approximate surface area is 154 Å². The van der Waals surface area contributed by atoms with Crippen LogP contribution in [0.3, 0.4) is 0 Å². The summed E-state index contributed by atoms with van der Waals surface area (Å²) in [4.78, 5) is 0. The normalized spacial score (nSPS) is 26.0. The van der Waals surface area contributed by atoms with Gasteiger partial charge in [0.25, 0.3) is 0 Å². The molecule has 0 spiro atoms. The van der Waals surface area contributed by atoms with E-state index >= 15 is 0 Å². The number of aliphatic hydroxyl groups is 2. The van der Waals surface area contributed by atoms with Crippen molar-refractivity contribution in [2.45, 2.75) is 57.3 Å². The number of ether oxygens (including phenoxy) is 1. The lowest BCUT2D eigenvalue weighted by Gasteiger charge is -2.41. The van der Waals surface area contributed by atoms with Crippen molar-refractivity contribution in [1.29, 1.82) is 0 Å². The van der Waals surface area contributed by atoms with E-state index in [-0.39, 0.29) is 12.4 Å². The van der Waals surface area contributed by atoms with Crippen LogP contribution in [0.2, 0.25) is 0 Å². The Hall–Kier alpha value is -1.75. The lowest BCUT2D eigenvalue weighted by Crippen LogP contribution is -2.43. The standard InChI is InChI=1S/C22H27FO3/c1-3-15-4-6-16(7-5-15)10-17-11-18(8-9-21(17)23)22(2)13-19(25)12-20(14-24)26-22/h4-9,11,19-20,24-25H,3,10,12-14H2,1-2H3/t19?,20?,22-/m1/s1. The molecule has 1 heterocycles. The molecular formula is C22H27FO3. The predicted molar refractivity (Wildman–Crippen MR) is 99.6 cm³/mol. The Bertz CT molecular complexity index is 744. The number of aryl methyl sites for hydroxylation is 1. The number of hydrogen-bond donors (Lipinski definition) is 2. The number of hydrogen-bond acceptors (Lipinski definition) is 3. The first-order valence-corrected chi connectivity index (χ1v) is 9.27. The van der Waals surface area contributed by atoms with E-state index in [0.717, 1.165) is 17.5 Å². The van der Waals surface area contributed by atoms with E-state index < -0.39 is 17.8 Å². The van der Waals surface area contributed by atoms with E-state index in [2.05, 4.69) is 19.1 Å². The van der Waals surface area contributed by atoms with Crippen LogP contribution in [0.5, 0.6) is 0 Å². The Kier molecular flexibility index (Phi) is 5.76. The summed E-state index contributed by atoms with van der Waals surface area (Å²) in [5, 5.41) is 19.6. The van der Waals surface area contributed by atoms with E-state index in [1.165, 1.54) is 11.6 Å². The highest BCUT2D eigenvalue weighted by molar-refractivity contribution is 5.34. The highest BCUT2D eigenvalue weighted by atomic mass is 19.1. The summed E-state index contributed by atoms with van der Waals surface area (Å²) in [7, 11) is 0. The van der Waals surface area contributed by atoms with Crippen LogP contribution in [0.15, 0.2) is 42.5 Å². The average molecular weight is 358 g/mol. The largest absolute Gasteiger partial charge is 0.394 e. The van der Waals surface area contributed by atoms with Crippen molar-refractivity contribution in [2.75, 3.05) is 6.61 Å². The first-order chi connectivity index (χ1) is 12.4. The first kappa shape index (κ1) is 19.0. The average Bonchev–Trinajstić information content (AvgIpc) is 2.63. The fourth-order valence-corrected chi connectivity index (χ4v) is 3.75. The molecule has 2 aromatic rings. The van der Waals surface area contributed by atoms with Gasteiger partial charge in [0.2, 0.25) is 0 Å². The molecule has 3 nitrogen and oxygen atoms in total. The maximum absolute atomic E-state index is 14.4. The SMILES string of the molecule is CCc1ccc(Cc2cc([C@@]3(C)CC(O)CC(CO)O3)ccc2F)cc1. The second-order valence-corrected chi connectivity index (χ2v) is 7.40. The number of benzene rings is 2. The molecule has 0 saturated carbocycles. The van der Waals surface area contributed by atoms with Gasteiger partial charge in [0.05, 0.1) is 24.4 Å². The van der Waals surface area contributed by atoms with Crippen molar-refractivity contribution in [3.05, 3.63) is 70.5 Å². The van der Waals surface area contributed by atoms with Gasteiger partial charge >= 0.3 is 0 Å².